The minimum atomic E-state index is -0.877. The fourth-order valence-corrected chi connectivity index (χ4v) is 1.07. The molecule has 0 aliphatic heterocycles. The molecular weight excluding hydrogens is 172 g/mol. The summed E-state index contributed by atoms with van der Waals surface area (Å²) in [7, 11) is 0. The highest BCUT2D eigenvalue weighted by Gasteiger charge is 2.16. The first-order valence-corrected chi connectivity index (χ1v) is 4.47. The number of nitrogens with two attached hydrogens (primary N) is 1. The van der Waals surface area contributed by atoms with Gasteiger partial charge in [0.05, 0.1) is 5.69 Å². The molecule has 12 heavy (non-hydrogen) atoms. The van der Waals surface area contributed by atoms with Crippen LogP contribution in [0.4, 0.5) is 0 Å². The number of aromatic nitrogens is 1. The molecule has 0 amide bonds. The van der Waals surface area contributed by atoms with Crippen LogP contribution in [0.15, 0.2) is 23.2 Å². The van der Waals surface area contributed by atoms with Crippen molar-refractivity contribution in [1.29, 1.82) is 0 Å². The van der Waals surface area contributed by atoms with Crippen LogP contribution in [0.2, 0.25) is 0 Å². The lowest BCUT2D eigenvalue weighted by Gasteiger charge is -2.15. The molecule has 0 aromatic carbocycles. The largest absolute Gasteiger partial charge is 0.384 e. The Morgan fingerprint density at radius 1 is 1.50 bits per heavy atom. The third-order valence-corrected chi connectivity index (χ3v) is 2.01. The summed E-state index contributed by atoms with van der Waals surface area (Å²) in [6, 6.07) is 3.61. The van der Waals surface area contributed by atoms with Crippen molar-refractivity contribution < 1.29 is 5.11 Å². The van der Waals surface area contributed by atoms with Gasteiger partial charge in [-0.25, -0.2) is 0 Å². The molecule has 1 heterocycles. The van der Waals surface area contributed by atoms with Gasteiger partial charge in [0.15, 0.2) is 0 Å². The second-order valence-electron chi connectivity index (χ2n) is 3.06. The molecule has 0 aliphatic rings. The molecule has 0 fully saturated rings. The van der Waals surface area contributed by atoms with Gasteiger partial charge in [0.2, 0.25) is 0 Å². The van der Waals surface area contributed by atoms with E-state index in [4.69, 9.17) is 5.14 Å². The van der Waals surface area contributed by atoms with Crippen molar-refractivity contribution in [3.63, 3.8) is 0 Å². The Bertz CT molecular complexity index is 253. The normalized spacial score (nSPS) is 11.7. The molecule has 66 valence electrons. The molecule has 0 aliphatic carbocycles. The van der Waals surface area contributed by atoms with E-state index >= 15 is 0 Å². The second-order valence-corrected chi connectivity index (χ2v) is 3.76. The number of pyridine rings is 1. The van der Waals surface area contributed by atoms with Crippen molar-refractivity contribution in [3.05, 3.63) is 24.0 Å². The van der Waals surface area contributed by atoms with E-state index in [1.165, 1.54) is 0 Å². The maximum atomic E-state index is 9.55. The average molecular weight is 184 g/mol. The quantitative estimate of drug-likeness (QED) is 0.680. The molecule has 0 spiro atoms. The van der Waals surface area contributed by atoms with Crippen molar-refractivity contribution >= 4 is 11.9 Å². The zero-order chi connectivity index (χ0) is 9.19. The van der Waals surface area contributed by atoms with Crippen molar-refractivity contribution in [1.82, 2.24) is 4.98 Å². The smallest absolute Gasteiger partial charge is 0.101 e. The summed E-state index contributed by atoms with van der Waals surface area (Å²) in [5.74, 6) is 0. The highest BCUT2D eigenvalue weighted by Crippen LogP contribution is 2.18. The van der Waals surface area contributed by atoms with E-state index in [1.807, 2.05) is 6.07 Å². The summed E-state index contributed by atoms with van der Waals surface area (Å²) in [5.41, 5.74) is -0.224. The van der Waals surface area contributed by atoms with Gasteiger partial charge >= 0.3 is 0 Å². The van der Waals surface area contributed by atoms with Crippen LogP contribution in [0.1, 0.15) is 19.5 Å². The summed E-state index contributed by atoms with van der Waals surface area (Å²) in [5, 5.41) is 14.9. The van der Waals surface area contributed by atoms with Crippen LogP contribution >= 0.6 is 11.9 Å². The maximum Gasteiger partial charge on any atom is 0.101 e. The molecule has 1 aromatic rings. The van der Waals surface area contributed by atoms with E-state index in [0.29, 0.717) is 5.69 Å². The number of hydrogen-bond donors (Lipinski definition) is 2. The predicted octanol–water partition coefficient (Wildman–Crippen LogP) is 1.27. The standard InChI is InChI=1S/C8H12N2OS/c1-8(2,11)7-4-3-6(12-9)5-10-7/h3-5,11H,9H2,1-2H3. The van der Waals surface area contributed by atoms with Crippen LogP contribution in [0.5, 0.6) is 0 Å². The van der Waals surface area contributed by atoms with Crippen molar-refractivity contribution in [2.45, 2.75) is 24.3 Å². The van der Waals surface area contributed by atoms with E-state index in [1.54, 1.807) is 26.1 Å². The Morgan fingerprint density at radius 3 is 2.50 bits per heavy atom. The zero-order valence-corrected chi connectivity index (χ0v) is 7.93. The molecule has 3 N–H and O–H groups in total. The molecule has 1 rings (SSSR count). The molecule has 0 atom stereocenters. The number of nitrogens with zero attached hydrogens (tertiary/aromatic N) is 1. The van der Waals surface area contributed by atoms with E-state index < -0.39 is 5.60 Å². The average Bonchev–Trinajstić information content (AvgIpc) is 2.03. The van der Waals surface area contributed by atoms with Crippen LogP contribution in [0, 0.1) is 0 Å². The first-order valence-electron chi connectivity index (χ1n) is 3.59. The van der Waals surface area contributed by atoms with Gasteiger partial charge < -0.3 is 5.11 Å². The van der Waals surface area contributed by atoms with Crippen molar-refractivity contribution in [2.24, 2.45) is 5.14 Å². The highest BCUT2D eigenvalue weighted by molar-refractivity contribution is 7.97. The third kappa shape index (κ3) is 2.20. The fraction of sp³-hybridized carbons (Fsp3) is 0.375. The van der Waals surface area contributed by atoms with E-state index in [-0.39, 0.29) is 0 Å². The second kappa shape index (κ2) is 3.43. The van der Waals surface area contributed by atoms with Gasteiger partial charge in [-0.3, -0.25) is 10.1 Å². The highest BCUT2D eigenvalue weighted by atomic mass is 32.2. The van der Waals surface area contributed by atoms with E-state index in [2.05, 4.69) is 4.98 Å². The first kappa shape index (κ1) is 9.51. The van der Waals surface area contributed by atoms with Gasteiger partial charge in [0, 0.05) is 11.1 Å². The molecular formula is C8H12N2OS. The van der Waals surface area contributed by atoms with Crippen molar-refractivity contribution in [3.8, 4) is 0 Å². The van der Waals surface area contributed by atoms with Gasteiger partial charge in [-0.15, -0.1) is 0 Å². The van der Waals surface area contributed by atoms with Crippen LogP contribution in [0.25, 0.3) is 0 Å². The molecule has 0 unspecified atom stereocenters. The summed E-state index contributed by atoms with van der Waals surface area (Å²) >= 11 is 1.14. The molecule has 0 saturated carbocycles. The zero-order valence-electron chi connectivity index (χ0n) is 7.11. The lowest BCUT2D eigenvalue weighted by Crippen LogP contribution is -2.17. The van der Waals surface area contributed by atoms with Crippen LogP contribution < -0.4 is 5.14 Å². The summed E-state index contributed by atoms with van der Waals surface area (Å²) < 4.78 is 0. The molecule has 0 bridgehead atoms. The lowest BCUT2D eigenvalue weighted by atomic mass is 10.1. The van der Waals surface area contributed by atoms with Crippen molar-refractivity contribution in [2.75, 3.05) is 0 Å². The molecule has 4 heteroatoms. The number of rotatable bonds is 2. The molecule has 0 radical (unpaired) electrons. The topological polar surface area (TPSA) is 59.1 Å². The Morgan fingerprint density at radius 2 is 2.17 bits per heavy atom. The lowest BCUT2D eigenvalue weighted by molar-refractivity contribution is 0.0737. The number of aliphatic hydroxyl groups is 1. The van der Waals surface area contributed by atoms with Gasteiger partial charge in [0.1, 0.15) is 5.60 Å². The summed E-state index contributed by atoms with van der Waals surface area (Å²) in [6.07, 6.45) is 1.65. The van der Waals surface area contributed by atoms with Crippen LogP contribution in [0.3, 0.4) is 0 Å². The maximum absolute atomic E-state index is 9.55. The molecule has 1 aromatic heterocycles. The first-order chi connectivity index (χ1) is 5.54. The Labute approximate surface area is 76.1 Å². The number of hydrogen-bond acceptors (Lipinski definition) is 4. The minimum Gasteiger partial charge on any atom is -0.384 e. The predicted molar refractivity (Wildman–Crippen MR) is 49.5 cm³/mol. The molecule has 3 nitrogen and oxygen atoms in total. The summed E-state index contributed by atoms with van der Waals surface area (Å²) in [4.78, 5) is 4.96. The van der Waals surface area contributed by atoms with Gasteiger partial charge in [-0.1, -0.05) is 0 Å². The monoisotopic (exact) mass is 184 g/mol. The van der Waals surface area contributed by atoms with Gasteiger partial charge in [0.25, 0.3) is 0 Å². The fourth-order valence-electron chi connectivity index (χ4n) is 0.812. The summed E-state index contributed by atoms with van der Waals surface area (Å²) in [6.45, 7) is 3.40. The van der Waals surface area contributed by atoms with Crippen LogP contribution in [-0.4, -0.2) is 10.1 Å². The third-order valence-electron chi connectivity index (χ3n) is 1.50. The minimum absolute atomic E-state index is 0.653. The Hall–Kier alpha value is -0.580. The van der Waals surface area contributed by atoms with Gasteiger partial charge in [-0.05, 0) is 37.9 Å². The SMILES string of the molecule is CC(C)(O)c1ccc(SN)cn1. The Balaban J connectivity index is 2.93. The Kier molecular flexibility index (Phi) is 2.72. The van der Waals surface area contributed by atoms with Gasteiger partial charge in [-0.2, -0.15) is 0 Å². The van der Waals surface area contributed by atoms with E-state index in [9.17, 15) is 5.11 Å². The molecule has 0 saturated heterocycles. The van der Waals surface area contributed by atoms with Crippen LogP contribution in [-0.2, 0) is 5.60 Å². The van der Waals surface area contributed by atoms with E-state index in [0.717, 1.165) is 16.8 Å².